The summed E-state index contributed by atoms with van der Waals surface area (Å²) >= 11 is 6.19. The Bertz CT molecular complexity index is 542. The zero-order valence-corrected chi connectivity index (χ0v) is 13.0. The van der Waals surface area contributed by atoms with Gasteiger partial charge in [0.1, 0.15) is 5.75 Å². The van der Waals surface area contributed by atoms with Crippen LogP contribution in [0.2, 0.25) is 5.02 Å². The molecular formula is C18H22ClNO. The van der Waals surface area contributed by atoms with Crippen molar-refractivity contribution in [2.75, 3.05) is 13.2 Å². The summed E-state index contributed by atoms with van der Waals surface area (Å²) < 4.78 is 5.87. The van der Waals surface area contributed by atoms with Gasteiger partial charge in [-0.25, -0.2) is 0 Å². The normalized spacial score (nSPS) is 10.6. The fraction of sp³-hybridized carbons (Fsp3) is 0.333. The van der Waals surface area contributed by atoms with Crippen LogP contribution in [0.15, 0.2) is 48.5 Å². The SMILES string of the molecule is NCCc1c(Cl)cccc1OCCCCc1ccccc1. The molecule has 0 radical (unpaired) electrons. The standard InChI is InChI=1S/C18H22ClNO/c19-17-10-6-11-18(16(17)12-13-20)21-14-5-4-9-15-7-2-1-3-8-15/h1-3,6-8,10-11H,4-5,9,12-14,20H2. The van der Waals surface area contributed by atoms with E-state index in [-0.39, 0.29) is 0 Å². The van der Waals surface area contributed by atoms with Crippen molar-refractivity contribution in [3.05, 3.63) is 64.7 Å². The van der Waals surface area contributed by atoms with E-state index in [2.05, 4.69) is 24.3 Å². The minimum atomic E-state index is 0.577. The Balaban J connectivity index is 1.77. The Morgan fingerprint density at radius 2 is 1.71 bits per heavy atom. The van der Waals surface area contributed by atoms with Crippen molar-refractivity contribution >= 4 is 11.6 Å². The van der Waals surface area contributed by atoms with E-state index in [0.29, 0.717) is 13.2 Å². The molecule has 2 rings (SSSR count). The van der Waals surface area contributed by atoms with Crippen LogP contribution < -0.4 is 10.5 Å². The van der Waals surface area contributed by atoms with Crippen LogP contribution in [-0.4, -0.2) is 13.2 Å². The summed E-state index contributed by atoms with van der Waals surface area (Å²) in [7, 11) is 0. The van der Waals surface area contributed by atoms with Gasteiger partial charge in [-0.15, -0.1) is 0 Å². The number of nitrogens with two attached hydrogens (primary N) is 1. The topological polar surface area (TPSA) is 35.2 Å². The lowest BCUT2D eigenvalue weighted by molar-refractivity contribution is 0.304. The average Bonchev–Trinajstić information content (AvgIpc) is 2.51. The number of benzene rings is 2. The molecule has 2 aromatic rings. The van der Waals surface area contributed by atoms with E-state index < -0.39 is 0 Å². The molecule has 0 bridgehead atoms. The first-order valence-corrected chi connectivity index (χ1v) is 7.83. The fourth-order valence-electron chi connectivity index (χ4n) is 2.32. The minimum Gasteiger partial charge on any atom is -0.493 e. The first kappa shape index (κ1) is 15.9. The second-order valence-corrected chi connectivity index (χ2v) is 5.45. The Labute approximate surface area is 131 Å². The van der Waals surface area contributed by atoms with Crippen LogP contribution >= 0.6 is 11.6 Å². The van der Waals surface area contributed by atoms with E-state index in [1.165, 1.54) is 5.56 Å². The highest BCUT2D eigenvalue weighted by Crippen LogP contribution is 2.26. The van der Waals surface area contributed by atoms with E-state index in [0.717, 1.165) is 42.0 Å². The third-order valence-electron chi connectivity index (χ3n) is 3.43. The van der Waals surface area contributed by atoms with Crippen molar-refractivity contribution in [3.8, 4) is 5.75 Å². The lowest BCUT2D eigenvalue weighted by Gasteiger charge is -2.12. The van der Waals surface area contributed by atoms with Gasteiger partial charge < -0.3 is 10.5 Å². The molecule has 0 saturated heterocycles. The summed E-state index contributed by atoms with van der Waals surface area (Å²) in [5.41, 5.74) is 8.02. The van der Waals surface area contributed by atoms with Crippen LogP contribution in [0.3, 0.4) is 0 Å². The summed E-state index contributed by atoms with van der Waals surface area (Å²) in [4.78, 5) is 0. The van der Waals surface area contributed by atoms with E-state index in [9.17, 15) is 0 Å². The van der Waals surface area contributed by atoms with Crippen LogP contribution in [0.25, 0.3) is 0 Å². The molecule has 2 aromatic carbocycles. The highest BCUT2D eigenvalue weighted by Gasteiger charge is 2.07. The molecule has 112 valence electrons. The number of unbranched alkanes of at least 4 members (excludes halogenated alkanes) is 1. The number of ether oxygens (including phenoxy) is 1. The molecule has 0 aliphatic heterocycles. The summed E-state index contributed by atoms with van der Waals surface area (Å²) in [6.45, 7) is 1.29. The van der Waals surface area contributed by atoms with Crippen molar-refractivity contribution in [2.24, 2.45) is 5.73 Å². The number of hydrogen-bond donors (Lipinski definition) is 1. The van der Waals surface area contributed by atoms with Gasteiger partial charge in [-0.05, 0) is 49.9 Å². The molecule has 0 aliphatic carbocycles. The maximum absolute atomic E-state index is 6.19. The van der Waals surface area contributed by atoms with E-state index in [4.69, 9.17) is 22.1 Å². The quantitative estimate of drug-likeness (QED) is 0.740. The first-order chi connectivity index (χ1) is 10.3. The molecule has 0 aliphatic rings. The number of halogens is 1. The van der Waals surface area contributed by atoms with E-state index in [1.807, 2.05) is 24.3 Å². The van der Waals surface area contributed by atoms with Gasteiger partial charge in [0, 0.05) is 10.6 Å². The van der Waals surface area contributed by atoms with Gasteiger partial charge in [0.05, 0.1) is 6.61 Å². The molecule has 2 N–H and O–H groups in total. The zero-order valence-electron chi connectivity index (χ0n) is 12.2. The maximum atomic E-state index is 6.19. The summed E-state index contributed by atoms with van der Waals surface area (Å²) in [5, 5.41) is 0.738. The highest BCUT2D eigenvalue weighted by molar-refractivity contribution is 6.31. The highest BCUT2D eigenvalue weighted by atomic mass is 35.5. The van der Waals surface area contributed by atoms with Crippen LogP contribution in [0, 0.1) is 0 Å². The summed E-state index contributed by atoms with van der Waals surface area (Å²) in [6, 6.07) is 16.3. The van der Waals surface area contributed by atoms with Gasteiger partial charge in [0.2, 0.25) is 0 Å². The third kappa shape index (κ3) is 5.07. The van der Waals surface area contributed by atoms with E-state index >= 15 is 0 Å². The van der Waals surface area contributed by atoms with Gasteiger partial charge in [0.15, 0.2) is 0 Å². The van der Waals surface area contributed by atoms with Crippen molar-refractivity contribution < 1.29 is 4.74 Å². The van der Waals surface area contributed by atoms with Crippen molar-refractivity contribution in [3.63, 3.8) is 0 Å². The monoisotopic (exact) mass is 303 g/mol. The molecule has 0 unspecified atom stereocenters. The van der Waals surface area contributed by atoms with Gasteiger partial charge in [0.25, 0.3) is 0 Å². The number of hydrogen-bond acceptors (Lipinski definition) is 2. The molecular weight excluding hydrogens is 282 g/mol. The minimum absolute atomic E-state index is 0.577. The number of rotatable bonds is 8. The van der Waals surface area contributed by atoms with Crippen molar-refractivity contribution in [1.29, 1.82) is 0 Å². The van der Waals surface area contributed by atoms with Crippen LogP contribution in [-0.2, 0) is 12.8 Å². The molecule has 0 heterocycles. The largest absolute Gasteiger partial charge is 0.493 e. The lowest BCUT2D eigenvalue weighted by Crippen LogP contribution is -2.07. The molecule has 0 fully saturated rings. The second kappa shape index (κ2) is 8.71. The first-order valence-electron chi connectivity index (χ1n) is 7.45. The molecule has 0 saturated carbocycles. The average molecular weight is 304 g/mol. The third-order valence-corrected chi connectivity index (χ3v) is 3.78. The van der Waals surface area contributed by atoms with Gasteiger partial charge in [-0.2, -0.15) is 0 Å². The Hall–Kier alpha value is -1.51. The zero-order chi connectivity index (χ0) is 14.9. The maximum Gasteiger partial charge on any atom is 0.124 e. The fourth-order valence-corrected chi connectivity index (χ4v) is 2.58. The Morgan fingerprint density at radius 1 is 0.905 bits per heavy atom. The molecule has 0 amide bonds. The predicted molar refractivity (Wildman–Crippen MR) is 89.1 cm³/mol. The Morgan fingerprint density at radius 3 is 2.48 bits per heavy atom. The smallest absolute Gasteiger partial charge is 0.124 e. The van der Waals surface area contributed by atoms with Crippen LogP contribution in [0.1, 0.15) is 24.0 Å². The van der Waals surface area contributed by atoms with Gasteiger partial charge in [-0.1, -0.05) is 48.0 Å². The molecule has 3 heteroatoms. The van der Waals surface area contributed by atoms with Crippen LogP contribution in [0.4, 0.5) is 0 Å². The predicted octanol–water partition coefficient (Wildman–Crippen LogP) is 4.24. The Kier molecular flexibility index (Phi) is 6.58. The van der Waals surface area contributed by atoms with Crippen LogP contribution in [0.5, 0.6) is 5.75 Å². The molecule has 0 aromatic heterocycles. The van der Waals surface area contributed by atoms with Crippen molar-refractivity contribution in [1.82, 2.24) is 0 Å². The molecule has 0 atom stereocenters. The summed E-state index contributed by atoms with van der Waals surface area (Å²) in [5.74, 6) is 0.868. The second-order valence-electron chi connectivity index (χ2n) is 5.05. The number of aryl methyl sites for hydroxylation is 1. The van der Waals surface area contributed by atoms with Crippen molar-refractivity contribution in [2.45, 2.75) is 25.7 Å². The molecule has 0 spiro atoms. The molecule has 21 heavy (non-hydrogen) atoms. The lowest BCUT2D eigenvalue weighted by atomic mass is 10.1. The van der Waals surface area contributed by atoms with E-state index in [1.54, 1.807) is 0 Å². The molecule has 2 nitrogen and oxygen atoms in total. The summed E-state index contributed by atoms with van der Waals surface area (Å²) in [6.07, 6.45) is 3.99. The van der Waals surface area contributed by atoms with Gasteiger partial charge in [-0.3, -0.25) is 0 Å². The van der Waals surface area contributed by atoms with Gasteiger partial charge >= 0.3 is 0 Å².